The minimum Gasteiger partial charge on any atom is -0.497 e. The average molecular weight is 375 g/mol. The summed E-state index contributed by atoms with van der Waals surface area (Å²) in [6.45, 7) is 0. The lowest BCUT2D eigenvalue weighted by molar-refractivity contribution is -0.110. The number of rotatable bonds is 6. The van der Waals surface area contributed by atoms with E-state index in [0.717, 1.165) is 28.6 Å². The van der Waals surface area contributed by atoms with Crippen LogP contribution in [0, 0.1) is 0 Å². The smallest absolute Gasteiger partial charge is 0.284 e. The summed E-state index contributed by atoms with van der Waals surface area (Å²) in [7, 11) is 1.62. The van der Waals surface area contributed by atoms with E-state index < -0.39 is 0 Å². The van der Waals surface area contributed by atoms with Crippen LogP contribution in [0.2, 0.25) is 5.02 Å². The quantitative estimate of drug-likeness (QED) is 0.603. The van der Waals surface area contributed by atoms with Gasteiger partial charge in [-0.3, -0.25) is 4.79 Å². The molecule has 0 unspecified atom stereocenters. The number of hydrogen-bond donors (Lipinski definition) is 0. The van der Waals surface area contributed by atoms with Gasteiger partial charge in [-0.15, -0.1) is 10.2 Å². The van der Waals surface area contributed by atoms with Crippen LogP contribution in [0.5, 0.6) is 5.75 Å². The number of nitrogens with zero attached hydrogens (tertiary/aromatic N) is 2. The van der Waals surface area contributed by atoms with Crippen molar-refractivity contribution in [1.29, 1.82) is 0 Å². The van der Waals surface area contributed by atoms with Crippen LogP contribution in [0.1, 0.15) is 17.0 Å². The lowest BCUT2D eigenvalue weighted by atomic mass is 10.1. The summed E-state index contributed by atoms with van der Waals surface area (Å²) in [5.41, 5.74) is 1.91. The molecule has 3 aromatic rings. The number of benzene rings is 2. The molecule has 25 heavy (non-hydrogen) atoms. The van der Waals surface area contributed by atoms with Gasteiger partial charge in [0.25, 0.3) is 5.22 Å². The van der Waals surface area contributed by atoms with Crippen LogP contribution in [0.15, 0.2) is 58.2 Å². The molecule has 128 valence electrons. The molecule has 0 aliphatic carbocycles. The molecule has 0 saturated heterocycles. The number of ether oxygens (including phenoxy) is 1. The Labute approximate surface area is 154 Å². The van der Waals surface area contributed by atoms with Gasteiger partial charge in [0, 0.05) is 23.2 Å². The van der Waals surface area contributed by atoms with Gasteiger partial charge >= 0.3 is 0 Å². The van der Waals surface area contributed by atoms with Crippen molar-refractivity contribution in [3.63, 3.8) is 0 Å². The molecule has 3 rings (SSSR count). The van der Waals surface area contributed by atoms with Gasteiger partial charge in [-0.2, -0.15) is 0 Å². The number of thioether (sulfide) groups is 1. The van der Waals surface area contributed by atoms with Crippen LogP contribution in [0.25, 0.3) is 0 Å². The highest BCUT2D eigenvalue weighted by molar-refractivity contribution is 8.13. The number of carbonyl (C=O) groups excluding carboxylic acids is 1. The number of hydrogen-bond acceptors (Lipinski definition) is 6. The molecule has 5 nitrogen and oxygen atoms in total. The number of halogens is 1. The summed E-state index contributed by atoms with van der Waals surface area (Å²) in [6.07, 6.45) is 0.779. The zero-order chi connectivity index (χ0) is 17.6. The molecule has 0 bridgehead atoms. The molecule has 1 aromatic heterocycles. The van der Waals surface area contributed by atoms with Crippen molar-refractivity contribution in [3.8, 4) is 5.75 Å². The highest BCUT2D eigenvalue weighted by Crippen LogP contribution is 2.21. The Morgan fingerprint density at radius 2 is 1.76 bits per heavy atom. The van der Waals surface area contributed by atoms with Gasteiger partial charge in [0.05, 0.1) is 13.5 Å². The van der Waals surface area contributed by atoms with Crippen LogP contribution in [-0.2, 0) is 17.6 Å². The third-order valence-electron chi connectivity index (χ3n) is 3.43. The van der Waals surface area contributed by atoms with Gasteiger partial charge < -0.3 is 9.15 Å². The molecular formula is C18H15ClN2O3S. The normalized spacial score (nSPS) is 10.6. The second-order valence-corrected chi connectivity index (χ2v) is 6.71. The lowest BCUT2D eigenvalue weighted by Crippen LogP contribution is -1.97. The van der Waals surface area contributed by atoms with E-state index in [0.29, 0.717) is 17.3 Å². The molecular weight excluding hydrogens is 360 g/mol. The molecule has 2 aromatic carbocycles. The van der Waals surface area contributed by atoms with Crippen molar-refractivity contribution in [2.24, 2.45) is 0 Å². The van der Waals surface area contributed by atoms with Crippen molar-refractivity contribution in [1.82, 2.24) is 10.2 Å². The van der Waals surface area contributed by atoms with Gasteiger partial charge in [-0.25, -0.2) is 0 Å². The van der Waals surface area contributed by atoms with Gasteiger partial charge in [-0.1, -0.05) is 35.9 Å². The molecule has 0 atom stereocenters. The van der Waals surface area contributed by atoms with Crippen LogP contribution in [0.4, 0.5) is 0 Å². The fourth-order valence-corrected chi connectivity index (χ4v) is 2.95. The first-order valence-corrected chi connectivity index (χ1v) is 8.72. The van der Waals surface area contributed by atoms with Gasteiger partial charge in [0.15, 0.2) is 0 Å². The molecule has 1 heterocycles. The van der Waals surface area contributed by atoms with E-state index in [9.17, 15) is 4.79 Å². The summed E-state index contributed by atoms with van der Waals surface area (Å²) in [4.78, 5) is 12.1. The molecule has 0 saturated carbocycles. The second-order valence-electron chi connectivity index (χ2n) is 5.26. The Bertz CT molecular complexity index is 848. The minimum atomic E-state index is -0.0676. The highest BCUT2D eigenvalue weighted by Gasteiger charge is 2.13. The molecule has 0 radical (unpaired) electrons. The molecule has 0 aliphatic rings. The first kappa shape index (κ1) is 17.5. The topological polar surface area (TPSA) is 65.2 Å². The largest absolute Gasteiger partial charge is 0.497 e. The van der Waals surface area contributed by atoms with Crippen LogP contribution in [-0.4, -0.2) is 22.4 Å². The minimum absolute atomic E-state index is 0.0676. The Morgan fingerprint density at radius 3 is 2.44 bits per heavy atom. The zero-order valence-corrected chi connectivity index (χ0v) is 15.0. The zero-order valence-electron chi connectivity index (χ0n) is 13.4. The van der Waals surface area contributed by atoms with Crippen molar-refractivity contribution in [3.05, 3.63) is 70.6 Å². The van der Waals surface area contributed by atoms with E-state index >= 15 is 0 Å². The SMILES string of the molecule is COc1ccc(Cc2nnc(SC(=O)Cc3ccc(Cl)cc3)o2)cc1. The predicted molar refractivity (Wildman–Crippen MR) is 96.1 cm³/mol. The summed E-state index contributed by atoms with van der Waals surface area (Å²) in [5, 5.41) is 8.74. The second kappa shape index (κ2) is 8.18. The van der Waals surface area contributed by atoms with Crippen molar-refractivity contribution < 1.29 is 13.9 Å². The maximum absolute atomic E-state index is 12.1. The Morgan fingerprint density at radius 1 is 1.08 bits per heavy atom. The highest BCUT2D eigenvalue weighted by atomic mass is 35.5. The van der Waals surface area contributed by atoms with Gasteiger partial charge in [-0.05, 0) is 35.4 Å². The van der Waals surface area contributed by atoms with E-state index in [1.54, 1.807) is 19.2 Å². The fourth-order valence-electron chi connectivity index (χ4n) is 2.17. The Balaban J connectivity index is 1.57. The monoisotopic (exact) mass is 374 g/mol. The van der Waals surface area contributed by atoms with Crippen LogP contribution < -0.4 is 4.74 Å². The Hall–Kier alpha value is -2.31. The third kappa shape index (κ3) is 5.08. The molecule has 0 spiro atoms. The molecule has 0 amide bonds. The van der Waals surface area contributed by atoms with E-state index in [1.165, 1.54) is 0 Å². The molecule has 0 fully saturated rings. The lowest BCUT2D eigenvalue weighted by Gasteiger charge is -2.00. The predicted octanol–water partition coefficient (Wildman–Crippen LogP) is 4.18. The number of methoxy groups -OCH3 is 1. The van der Waals surface area contributed by atoms with Crippen LogP contribution in [0.3, 0.4) is 0 Å². The molecule has 7 heteroatoms. The maximum atomic E-state index is 12.1. The molecule has 0 N–H and O–H groups in total. The summed E-state index contributed by atoms with van der Waals surface area (Å²) in [6, 6.07) is 14.8. The fraction of sp³-hybridized carbons (Fsp3) is 0.167. The molecule has 0 aliphatic heterocycles. The van der Waals surface area contributed by atoms with Crippen molar-refractivity contribution in [2.45, 2.75) is 18.1 Å². The summed E-state index contributed by atoms with van der Waals surface area (Å²) < 4.78 is 10.7. The third-order valence-corrected chi connectivity index (χ3v) is 4.39. The summed E-state index contributed by atoms with van der Waals surface area (Å²) in [5.74, 6) is 1.25. The first-order valence-electron chi connectivity index (χ1n) is 7.53. The van der Waals surface area contributed by atoms with E-state index in [1.807, 2.05) is 36.4 Å². The summed E-state index contributed by atoms with van der Waals surface area (Å²) >= 11 is 6.78. The van der Waals surface area contributed by atoms with E-state index in [-0.39, 0.29) is 16.8 Å². The number of carbonyl (C=O) groups is 1. The van der Waals surface area contributed by atoms with Gasteiger partial charge in [0.2, 0.25) is 11.0 Å². The first-order chi connectivity index (χ1) is 12.1. The maximum Gasteiger partial charge on any atom is 0.284 e. The average Bonchev–Trinajstić information content (AvgIpc) is 3.04. The standard InChI is InChI=1S/C18H15ClN2O3S/c1-23-15-8-4-12(5-9-15)10-16-20-21-18(24-16)25-17(22)11-13-2-6-14(19)7-3-13/h2-9H,10-11H2,1H3. The van der Waals surface area contributed by atoms with E-state index in [4.69, 9.17) is 20.8 Å². The van der Waals surface area contributed by atoms with Crippen molar-refractivity contribution in [2.75, 3.05) is 7.11 Å². The van der Waals surface area contributed by atoms with Crippen molar-refractivity contribution >= 4 is 28.5 Å². The van der Waals surface area contributed by atoms with E-state index in [2.05, 4.69) is 10.2 Å². The number of aromatic nitrogens is 2. The van der Waals surface area contributed by atoms with Gasteiger partial charge in [0.1, 0.15) is 5.75 Å². The van der Waals surface area contributed by atoms with Crippen LogP contribution >= 0.6 is 23.4 Å². The Kier molecular flexibility index (Phi) is 5.73.